The first-order chi connectivity index (χ1) is 9.04. The van der Waals surface area contributed by atoms with Gasteiger partial charge in [-0.3, -0.25) is 0 Å². The number of amides is 2. The zero-order valence-corrected chi connectivity index (χ0v) is 13.9. The molecule has 0 unspecified atom stereocenters. The Bertz CT molecular complexity index is 616. The van der Waals surface area contributed by atoms with Crippen LogP contribution in [0.5, 0.6) is 0 Å². The molecule has 0 saturated heterocycles. The van der Waals surface area contributed by atoms with Crippen molar-refractivity contribution in [3.05, 3.63) is 56.1 Å². The van der Waals surface area contributed by atoms with E-state index in [1.54, 1.807) is 0 Å². The third kappa shape index (κ3) is 4.21. The fraction of sp³-hybridized carbons (Fsp3) is 0.0714. The Kier molecular flexibility index (Phi) is 4.81. The zero-order valence-electron chi connectivity index (χ0n) is 10.2. The highest BCUT2D eigenvalue weighted by atomic mass is 127. The van der Waals surface area contributed by atoms with Crippen molar-refractivity contribution in [3.63, 3.8) is 0 Å². The van der Waals surface area contributed by atoms with Gasteiger partial charge in [-0.2, -0.15) is 0 Å². The number of carbonyl (C=O) groups is 1. The van der Waals surface area contributed by atoms with Gasteiger partial charge in [-0.05, 0) is 81.3 Å². The van der Waals surface area contributed by atoms with Gasteiger partial charge >= 0.3 is 6.03 Å². The van der Waals surface area contributed by atoms with Gasteiger partial charge in [0.1, 0.15) is 0 Å². The van der Waals surface area contributed by atoms with Crippen LogP contribution in [0.25, 0.3) is 0 Å². The Morgan fingerprint density at radius 3 is 2.63 bits per heavy atom. The molecule has 0 aliphatic heterocycles. The van der Waals surface area contributed by atoms with Gasteiger partial charge in [0.2, 0.25) is 0 Å². The quantitative estimate of drug-likeness (QED) is 0.646. The minimum atomic E-state index is -0.257. The molecule has 0 atom stereocenters. The van der Waals surface area contributed by atoms with Crippen LogP contribution in [0, 0.1) is 10.5 Å². The van der Waals surface area contributed by atoms with Crippen LogP contribution in [0.2, 0.25) is 0 Å². The van der Waals surface area contributed by atoms with Crippen molar-refractivity contribution in [2.24, 2.45) is 0 Å². The van der Waals surface area contributed by atoms with E-state index in [1.807, 2.05) is 49.4 Å². The van der Waals surface area contributed by atoms with Crippen molar-refractivity contribution in [2.75, 3.05) is 10.6 Å². The van der Waals surface area contributed by atoms with Crippen molar-refractivity contribution in [1.82, 2.24) is 0 Å². The molecule has 0 bridgehead atoms. The predicted molar refractivity (Wildman–Crippen MR) is 90.7 cm³/mol. The molecule has 2 amide bonds. The number of halogens is 2. The maximum atomic E-state index is 11.9. The number of carbonyl (C=O) groups excluding carboxylic acids is 1. The molecule has 5 heteroatoms. The third-order valence-corrected chi connectivity index (χ3v) is 3.78. The highest BCUT2D eigenvalue weighted by molar-refractivity contribution is 14.1. The number of urea groups is 1. The van der Waals surface area contributed by atoms with E-state index in [0.29, 0.717) is 0 Å². The van der Waals surface area contributed by atoms with Crippen LogP contribution < -0.4 is 10.6 Å². The highest BCUT2D eigenvalue weighted by Gasteiger charge is 2.06. The summed E-state index contributed by atoms with van der Waals surface area (Å²) in [5.41, 5.74) is 2.62. The van der Waals surface area contributed by atoms with Gasteiger partial charge in [-0.25, -0.2) is 4.79 Å². The Labute approximate surface area is 134 Å². The molecule has 2 aromatic carbocycles. The first kappa shape index (κ1) is 14.3. The van der Waals surface area contributed by atoms with Gasteiger partial charge in [-0.1, -0.05) is 12.1 Å². The number of benzene rings is 2. The van der Waals surface area contributed by atoms with Crippen molar-refractivity contribution >= 4 is 55.9 Å². The standard InChI is InChI=1S/C14H12BrIN2O/c1-9-3-2-4-11(7-9)17-14(19)18-13-6-5-10(16)8-12(13)15/h2-8H,1H3,(H2,17,18,19). The molecule has 2 rings (SSSR count). The summed E-state index contributed by atoms with van der Waals surface area (Å²) in [6.07, 6.45) is 0. The summed E-state index contributed by atoms with van der Waals surface area (Å²) >= 11 is 5.65. The fourth-order valence-electron chi connectivity index (χ4n) is 1.60. The van der Waals surface area contributed by atoms with Gasteiger partial charge in [0.05, 0.1) is 5.69 Å². The number of aryl methyl sites for hydroxylation is 1. The van der Waals surface area contributed by atoms with Crippen LogP contribution >= 0.6 is 38.5 Å². The van der Waals surface area contributed by atoms with Crippen LogP contribution in [-0.2, 0) is 0 Å². The molecule has 2 aromatic rings. The van der Waals surface area contributed by atoms with E-state index in [-0.39, 0.29) is 6.03 Å². The molecule has 0 aliphatic rings. The fourth-order valence-corrected chi connectivity index (χ4v) is 3.00. The first-order valence-corrected chi connectivity index (χ1v) is 7.51. The summed E-state index contributed by atoms with van der Waals surface area (Å²) in [4.78, 5) is 11.9. The molecule has 19 heavy (non-hydrogen) atoms. The first-order valence-electron chi connectivity index (χ1n) is 5.64. The summed E-state index contributed by atoms with van der Waals surface area (Å²) in [5, 5.41) is 5.61. The topological polar surface area (TPSA) is 41.1 Å². The molecule has 0 aromatic heterocycles. The van der Waals surface area contributed by atoms with Crippen molar-refractivity contribution in [2.45, 2.75) is 6.92 Å². The average Bonchev–Trinajstić information content (AvgIpc) is 2.33. The number of nitrogens with one attached hydrogen (secondary N) is 2. The molecule has 0 spiro atoms. The van der Waals surface area contributed by atoms with Gasteiger partial charge in [0.15, 0.2) is 0 Å². The van der Waals surface area contributed by atoms with E-state index >= 15 is 0 Å². The molecule has 3 nitrogen and oxygen atoms in total. The Hall–Kier alpha value is -1.08. The summed E-state index contributed by atoms with van der Waals surface area (Å²) in [5.74, 6) is 0. The smallest absolute Gasteiger partial charge is 0.308 e. The van der Waals surface area contributed by atoms with Gasteiger partial charge < -0.3 is 10.6 Å². The second-order valence-electron chi connectivity index (χ2n) is 4.07. The second-order valence-corrected chi connectivity index (χ2v) is 6.17. The van der Waals surface area contributed by atoms with E-state index < -0.39 is 0 Å². The van der Waals surface area contributed by atoms with Crippen molar-refractivity contribution < 1.29 is 4.79 Å². The van der Waals surface area contributed by atoms with E-state index in [9.17, 15) is 4.79 Å². The van der Waals surface area contributed by atoms with Gasteiger partial charge in [0.25, 0.3) is 0 Å². The van der Waals surface area contributed by atoms with Crippen LogP contribution in [0.1, 0.15) is 5.56 Å². The Morgan fingerprint density at radius 2 is 1.95 bits per heavy atom. The van der Waals surface area contributed by atoms with Crippen LogP contribution in [0.3, 0.4) is 0 Å². The number of rotatable bonds is 2. The van der Waals surface area contributed by atoms with Crippen LogP contribution in [0.15, 0.2) is 46.9 Å². The summed E-state index contributed by atoms with van der Waals surface area (Å²) < 4.78 is 1.97. The van der Waals surface area contributed by atoms with E-state index in [4.69, 9.17) is 0 Å². The number of hydrogen-bond donors (Lipinski definition) is 2. The minimum Gasteiger partial charge on any atom is -0.308 e. The monoisotopic (exact) mass is 430 g/mol. The summed E-state index contributed by atoms with van der Waals surface area (Å²) in [6.45, 7) is 1.98. The van der Waals surface area contributed by atoms with E-state index in [2.05, 4.69) is 49.2 Å². The molecular formula is C14H12BrIN2O. The number of hydrogen-bond acceptors (Lipinski definition) is 1. The molecule has 0 radical (unpaired) electrons. The van der Waals surface area contributed by atoms with Crippen molar-refractivity contribution in [3.8, 4) is 0 Å². The SMILES string of the molecule is Cc1cccc(NC(=O)Nc2ccc(I)cc2Br)c1. The maximum absolute atomic E-state index is 11.9. The Balaban J connectivity index is 2.05. The van der Waals surface area contributed by atoms with Crippen LogP contribution in [0.4, 0.5) is 16.2 Å². The van der Waals surface area contributed by atoms with Gasteiger partial charge in [0, 0.05) is 13.7 Å². The lowest BCUT2D eigenvalue weighted by Gasteiger charge is -2.09. The molecule has 98 valence electrons. The number of anilines is 2. The second kappa shape index (κ2) is 6.38. The molecule has 0 aliphatic carbocycles. The van der Waals surface area contributed by atoms with Crippen molar-refractivity contribution in [1.29, 1.82) is 0 Å². The van der Waals surface area contributed by atoms with Crippen LogP contribution in [-0.4, -0.2) is 6.03 Å². The summed E-state index contributed by atoms with van der Waals surface area (Å²) in [7, 11) is 0. The molecular weight excluding hydrogens is 419 g/mol. The third-order valence-electron chi connectivity index (χ3n) is 2.46. The predicted octanol–water partition coefficient (Wildman–Crippen LogP) is 5.01. The zero-order chi connectivity index (χ0) is 13.8. The lowest BCUT2D eigenvalue weighted by Crippen LogP contribution is -2.19. The van der Waals surface area contributed by atoms with E-state index in [1.165, 1.54) is 0 Å². The molecule has 2 N–H and O–H groups in total. The van der Waals surface area contributed by atoms with E-state index in [0.717, 1.165) is 25.0 Å². The normalized spacial score (nSPS) is 10.1. The van der Waals surface area contributed by atoms with Gasteiger partial charge in [-0.15, -0.1) is 0 Å². The minimum absolute atomic E-state index is 0.257. The lowest BCUT2D eigenvalue weighted by atomic mass is 10.2. The molecule has 0 fully saturated rings. The average molecular weight is 431 g/mol. The highest BCUT2D eigenvalue weighted by Crippen LogP contribution is 2.24. The molecule has 0 heterocycles. The Morgan fingerprint density at radius 1 is 1.16 bits per heavy atom. The lowest BCUT2D eigenvalue weighted by molar-refractivity contribution is 0.262. The summed E-state index contributed by atoms with van der Waals surface area (Å²) in [6, 6.07) is 13.2. The molecule has 0 saturated carbocycles. The largest absolute Gasteiger partial charge is 0.323 e. The maximum Gasteiger partial charge on any atom is 0.323 e.